The molecular weight excluding hydrogens is 588 g/mol. The van der Waals surface area contributed by atoms with Crippen LogP contribution >= 0.6 is 63.7 Å². The first-order valence-electron chi connectivity index (χ1n) is 7.00. The molecule has 0 atom stereocenters. The molecule has 0 radical (unpaired) electrons. The van der Waals surface area contributed by atoms with Crippen LogP contribution in [0.25, 0.3) is 0 Å². The maximum Gasteiger partial charge on any atom is 0.346 e. The zero-order valence-electron chi connectivity index (χ0n) is 12.8. The van der Waals surface area contributed by atoms with Gasteiger partial charge in [0.25, 0.3) is 0 Å². The van der Waals surface area contributed by atoms with E-state index in [4.69, 9.17) is 4.74 Å². The van der Waals surface area contributed by atoms with Gasteiger partial charge in [-0.15, -0.1) is 0 Å². The van der Waals surface area contributed by atoms with Crippen LogP contribution in [0.3, 0.4) is 0 Å². The predicted molar refractivity (Wildman–Crippen MR) is 109 cm³/mol. The molecule has 0 amide bonds. The van der Waals surface area contributed by atoms with Gasteiger partial charge in [-0.2, -0.15) is 0 Å². The Morgan fingerprint density at radius 3 is 1.20 bits per heavy atom. The minimum absolute atomic E-state index is 0.280. The van der Waals surface area contributed by atoms with E-state index in [1.165, 1.54) is 0 Å². The Labute approximate surface area is 178 Å². The summed E-state index contributed by atoms with van der Waals surface area (Å²) in [6.07, 6.45) is 0. The molecule has 2 aromatic heterocycles. The normalized spacial score (nSPS) is 10.6. The molecule has 9 heteroatoms. The van der Waals surface area contributed by atoms with Crippen LogP contribution in [0.4, 0.5) is 0 Å². The lowest BCUT2D eigenvalue weighted by Crippen LogP contribution is -2.14. The average Bonchev–Trinajstić information content (AvgIpc) is 2.66. The van der Waals surface area contributed by atoms with E-state index in [1.54, 1.807) is 24.3 Å². The van der Waals surface area contributed by atoms with E-state index in [-0.39, 0.29) is 11.1 Å². The third kappa shape index (κ3) is 5.67. The van der Waals surface area contributed by atoms with Gasteiger partial charge >= 0.3 is 11.9 Å². The van der Waals surface area contributed by atoms with Crippen molar-refractivity contribution in [3.8, 4) is 0 Å². The van der Waals surface area contributed by atoms with Crippen LogP contribution in [0.5, 0.6) is 0 Å². The Kier molecular flexibility index (Phi) is 8.18. The quantitative estimate of drug-likeness (QED) is 0.264. The minimum atomic E-state index is -0.714. The zero-order chi connectivity index (χ0) is 18.4. The molecule has 0 bridgehead atoms. The number of alkyl halides is 4. The molecule has 0 fully saturated rings. The van der Waals surface area contributed by atoms with Crippen LogP contribution in [0.15, 0.2) is 24.3 Å². The van der Waals surface area contributed by atoms with Gasteiger partial charge in [-0.3, -0.25) is 9.97 Å². The second kappa shape index (κ2) is 9.89. The van der Waals surface area contributed by atoms with Gasteiger partial charge in [0.2, 0.25) is 0 Å². The summed E-state index contributed by atoms with van der Waals surface area (Å²) in [6, 6.07) is 6.38. The topological polar surface area (TPSA) is 69.2 Å². The summed E-state index contributed by atoms with van der Waals surface area (Å²) >= 11 is 13.2. The fraction of sp³-hybridized carbons (Fsp3) is 0.250. The van der Waals surface area contributed by atoms with Crippen LogP contribution in [-0.2, 0) is 26.1 Å². The lowest BCUT2D eigenvalue weighted by atomic mass is 10.2. The zero-order valence-corrected chi connectivity index (χ0v) is 19.1. The van der Waals surface area contributed by atoms with Crippen molar-refractivity contribution in [3.63, 3.8) is 0 Å². The summed E-state index contributed by atoms with van der Waals surface area (Å²) in [5.74, 6) is -1.43. The van der Waals surface area contributed by atoms with Crippen molar-refractivity contribution in [2.24, 2.45) is 0 Å². The third-order valence-electron chi connectivity index (χ3n) is 3.07. The molecule has 2 rings (SSSR count). The van der Waals surface area contributed by atoms with Crippen molar-refractivity contribution < 1.29 is 14.3 Å². The smallest absolute Gasteiger partial charge is 0.346 e. The first kappa shape index (κ1) is 20.7. The Bertz CT molecular complexity index is 689. The standard InChI is InChI=1S/C16H12Br4N2O3/c17-5-11-1-9(2-12(6-18)21-11)15(23)25-16(24)10-3-13(7-19)22-14(4-10)8-20/h1-4H,5-8H2. The summed E-state index contributed by atoms with van der Waals surface area (Å²) < 4.78 is 5.03. The van der Waals surface area contributed by atoms with Crippen molar-refractivity contribution in [1.29, 1.82) is 0 Å². The highest BCUT2D eigenvalue weighted by molar-refractivity contribution is 9.09. The first-order chi connectivity index (χ1) is 12.0. The van der Waals surface area contributed by atoms with Crippen LogP contribution in [0.2, 0.25) is 0 Å². The summed E-state index contributed by atoms with van der Waals surface area (Å²) in [6.45, 7) is 0. The lowest BCUT2D eigenvalue weighted by Gasteiger charge is -2.08. The van der Waals surface area contributed by atoms with Gasteiger partial charge < -0.3 is 4.74 Å². The van der Waals surface area contributed by atoms with Crippen molar-refractivity contribution in [2.75, 3.05) is 0 Å². The highest BCUT2D eigenvalue weighted by atomic mass is 79.9. The number of carbonyl (C=O) groups excluding carboxylic acids is 2. The maximum absolute atomic E-state index is 12.3. The van der Waals surface area contributed by atoms with Crippen molar-refractivity contribution in [3.05, 3.63) is 58.2 Å². The van der Waals surface area contributed by atoms with Crippen LogP contribution < -0.4 is 0 Å². The molecular formula is C16H12Br4N2O3. The van der Waals surface area contributed by atoms with Gasteiger partial charge in [-0.1, -0.05) is 63.7 Å². The van der Waals surface area contributed by atoms with E-state index < -0.39 is 11.9 Å². The van der Waals surface area contributed by atoms with E-state index in [1.807, 2.05) is 0 Å². The van der Waals surface area contributed by atoms with Crippen molar-refractivity contribution in [1.82, 2.24) is 9.97 Å². The number of rotatable bonds is 6. The highest BCUT2D eigenvalue weighted by Crippen LogP contribution is 2.16. The molecule has 0 unspecified atom stereocenters. The minimum Gasteiger partial charge on any atom is -0.386 e. The second-order valence-corrected chi connectivity index (χ2v) is 7.13. The van der Waals surface area contributed by atoms with E-state index in [0.717, 1.165) is 0 Å². The molecule has 0 aromatic carbocycles. The van der Waals surface area contributed by atoms with Gasteiger partial charge in [0.1, 0.15) is 0 Å². The van der Waals surface area contributed by atoms with Crippen LogP contribution in [0, 0.1) is 0 Å². The lowest BCUT2D eigenvalue weighted by molar-refractivity contribution is 0.0397. The molecule has 5 nitrogen and oxygen atoms in total. The van der Waals surface area contributed by atoms with Gasteiger partial charge in [0.05, 0.1) is 33.9 Å². The van der Waals surface area contributed by atoms with Crippen LogP contribution in [-0.4, -0.2) is 21.9 Å². The third-order valence-corrected chi connectivity index (χ3v) is 5.37. The number of carbonyl (C=O) groups is 2. The van der Waals surface area contributed by atoms with E-state index in [9.17, 15) is 9.59 Å². The molecule has 25 heavy (non-hydrogen) atoms. The number of hydrogen-bond donors (Lipinski definition) is 0. The van der Waals surface area contributed by atoms with Gasteiger partial charge in [-0.05, 0) is 24.3 Å². The summed E-state index contributed by atoms with van der Waals surface area (Å²) in [5.41, 5.74) is 3.30. The Hall–Kier alpha value is -0.640. The molecule has 132 valence electrons. The van der Waals surface area contributed by atoms with Gasteiger partial charge in [0, 0.05) is 21.3 Å². The molecule has 0 saturated heterocycles. The average molecular weight is 600 g/mol. The van der Waals surface area contributed by atoms with E-state index in [0.29, 0.717) is 44.1 Å². The Morgan fingerprint density at radius 1 is 0.680 bits per heavy atom. The van der Waals surface area contributed by atoms with Crippen molar-refractivity contribution >= 4 is 75.7 Å². The number of ether oxygens (including phenoxy) is 1. The molecule has 0 aliphatic carbocycles. The van der Waals surface area contributed by atoms with Gasteiger partial charge in [0.15, 0.2) is 0 Å². The largest absolute Gasteiger partial charge is 0.386 e. The Balaban J connectivity index is 2.24. The predicted octanol–water partition coefficient (Wildman–Crippen LogP) is 5.05. The summed E-state index contributed by atoms with van der Waals surface area (Å²) in [7, 11) is 0. The van der Waals surface area contributed by atoms with Crippen molar-refractivity contribution in [2.45, 2.75) is 21.3 Å². The number of nitrogens with zero attached hydrogens (tertiary/aromatic N) is 2. The fourth-order valence-electron chi connectivity index (χ4n) is 2.01. The van der Waals surface area contributed by atoms with Gasteiger partial charge in [-0.25, -0.2) is 9.59 Å². The Morgan fingerprint density at radius 2 is 0.960 bits per heavy atom. The number of halogens is 4. The molecule has 2 heterocycles. The molecule has 0 aliphatic rings. The highest BCUT2D eigenvalue weighted by Gasteiger charge is 2.18. The monoisotopic (exact) mass is 596 g/mol. The molecule has 0 N–H and O–H groups in total. The number of aromatic nitrogens is 2. The van der Waals surface area contributed by atoms with E-state index >= 15 is 0 Å². The fourth-order valence-corrected chi connectivity index (χ4v) is 3.16. The molecule has 0 saturated carbocycles. The maximum atomic E-state index is 12.3. The number of hydrogen-bond acceptors (Lipinski definition) is 5. The van der Waals surface area contributed by atoms with E-state index in [2.05, 4.69) is 73.7 Å². The second-order valence-electron chi connectivity index (χ2n) is 4.89. The summed E-state index contributed by atoms with van der Waals surface area (Å²) in [5, 5.41) is 1.98. The molecule has 2 aromatic rings. The first-order valence-corrected chi connectivity index (χ1v) is 11.5. The SMILES string of the molecule is O=C(OC(=O)c1cc(CBr)nc(CBr)c1)c1cc(CBr)nc(CBr)c1. The number of pyridine rings is 2. The van der Waals surface area contributed by atoms with Crippen LogP contribution in [0.1, 0.15) is 43.5 Å². The summed E-state index contributed by atoms with van der Waals surface area (Å²) in [4.78, 5) is 33.3. The molecule has 0 spiro atoms. The molecule has 0 aliphatic heterocycles. The number of esters is 2.